The molecule has 0 aromatic heterocycles. The lowest BCUT2D eigenvalue weighted by Crippen LogP contribution is -1.98. The van der Waals surface area contributed by atoms with Crippen molar-refractivity contribution in [3.05, 3.63) is 99.0 Å². The molecule has 0 aliphatic heterocycles. The molecule has 170 valence electrons. The van der Waals surface area contributed by atoms with E-state index in [1.807, 2.05) is 11.8 Å². The topological polar surface area (TPSA) is 0 Å². The fraction of sp³-hybridized carbons (Fsp3) is 0.312. The summed E-state index contributed by atoms with van der Waals surface area (Å²) in [6, 6.07) is 16.1. The first-order valence-corrected chi connectivity index (χ1v) is 13.0. The van der Waals surface area contributed by atoms with E-state index in [2.05, 4.69) is 96.0 Å². The van der Waals surface area contributed by atoms with Crippen LogP contribution in [0, 0.1) is 41.5 Å². The Labute approximate surface area is 204 Å². The molecule has 1 aliphatic rings. The molecule has 0 atom stereocenters. The molecule has 0 spiro atoms. The SMILES string of the molecule is C=C1CCCC/C1=C/Sc1c(-c2c(C)cc(C)cc2C)cccc1-c1c(C)cc(C)cc1C. The van der Waals surface area contributed by atoms with Crippen molar-refractivity contribution in [3.63, 3.8) is 0 Å². The first-order chi connectivity index (χ1) is 15.8. The van der Waals surface area contributed by atoms with Crippen molar-refractivity contribution in [2.75, 3.05) is 0 Å². The van der Waals surface area contributed by atoms with Gasteiger partial charge in [0.25, 0.3) is 0 Å². The first-order valence-electron chi connectivity index (χ1n) is 12.1. The van der Waals surface area contributed by atoms with E-state index in [0.717, 1.165) is 12.8 Å². The molecule has 3 aromatic carbocycles. The second-order valence-corrected chi connectivity index (χ2v) is 10.7. The van der Waals surface area contributed by atoms with Crippen molar-refractivity contribution in [3.8, 4) is 22.3 Å². The lowest BCUT2D eigenvalue weighted by atomic mass is 9.89. The molecule has 0 bridgehead atoms. The van der Waals surface area contributed by atoms with Gasteiger partial charge >= 0.3 is 0 Å². The standard InChI is InChI=1S/C32H36S/c1-20-15-23(4)30(24(5)16-20)28-13-10-14-29(31-25(6)17-21(2)18-26(31)7)32(28)33-19-27-12-9-8-11-22(27)3/h10,13-19H,3,8-9,11-12H2,1-2,4-7H3/b27-19-. The third-order valence-corrected chi connectivity index (χ3v) is 7.93. The van der Waals surface area contributed by atoms with E-state index in [0.29, 0.717) is 0 Å². The van der Waals surface area contributed by atoms with Gasteiger partial charge in [0.15, 0.2) is 0 Å². The molecule has 0 radical (unpaired) electrons. The second kappa shape index (κ2) is 9.77. The number of allylic oxidation sites excluding steroid dienone is 2. The van der Waals surface area contributed by atoms with Crippen LogP contribution < -0.4 is 0 Å². The molecular formula is C32H36S. The van der Waals surface area contributed by atoms with E-state index in [1.165, 1.54) is 84.5 Å². The highest BCUT2D eigenvalue weighted by molar-refractivity contribution is 8.02. The Hall–Kier alpha value is -2.51. The fourth-order valence-electron chi connectivity index (χ4n) is 5.53. The van der Waals surface area contributed by atoms with Crippen LogP contribution in [0.5, 0.6) is 0 Å². The Balaban J connectivity index is 1.96. The number of thioether (sulfide) groups is 1. The maximum atomic E-state index is 4.36. The van der Waals surface area contributed by atoms with Crippen LogP contribution in [0.3, 0.4) is 0 Å². The molecular weight excluding hydrogens is 416 g/mol. The molecule has 0 saturated heterocycles. The summed E-state index contributed by atoms with van der Waals surface area (Å²) in [5, 5.41) is 2.39. The number of rotatable bonds is 4. The highest BCUT2D eigenvalue weighted by Crippen LogP contribution is 2.45. The molecule has 0 amide bonds. The normalized spacial score (nSPS) is 15.3. The van der Waals surface area contributed by atoms with Crippen molar-refractivity contribution in [1.82, 2.24) is 0 Å². The van der Waals surface area contributed by atoms with Crippen molar-refractivity contribution < 1.29 is 0 Å². The maximum absolute atomic E-state index is 4.36. The van der Waals surface area contributed by atoms with Gasteiger partial charge < -0.3 is 0 Å². The lowest BCUT2D eigenvalue weighted by molar-refractivity contribution is 0.682. The van der Waals surface area contributed by atoms with Gasteiger partial charge in [-0.05, 0) is 123 Å². The summed E-state index contributed by atoms with van der Waals surface area (Å²) in [5.74, 6) is 0. The molecule has 0 N–H and O–H groups in total. The highest BCUT2D eigenvalue weighted by atomic mass is 32.2. The van der Waals surface area contributed by atoms with E-state index in [4.69, 9.17) is 0 Å². The Morgan fingerprint density at radius 1 is 0.697 bits per heavy atom. The molecule has 0 heterocycles. The van der Waals surface area contributed by atoms with Gasteiger partial charge in [0.2, 0.25) is 0 Å². The average Bonchev–Trinajstić information content (AvgIpc) is 2.73. The maximum Gasteiger partial charge on any atom is 0.0273 e. The van der Waals surface area contributed by atoms with Gasteiger partial charge in [-0.3, -0.25) is 0 Å². The van der Waals surface area contributed by atoms with Crippen LogP contribution in [0.25, 0.3) is 22.3 Å². The third kappa shape index (κ3) is 4.89. The van der Waals surface area contributed by atoms with Gasteiger partial charge in [-0.25, -0.2) is 0 Å². The Kier molecular flexibility index (Phi) is 7.00. The number of hydrogen-bond acceptors (Lipinski definition) is 1. The van der Waals surface area contributed by atoms with Gasteiger partial charge in [-0.2, -0.15) is 0 Å². The smallest absolute Gasteiger partial charge is 0.0273 e. The Morgan fingerprint density at radius 2 is 1.15 bits per heavy atom. The molecule has 0 nitrogen and oxygen atoms in total. The molecule has 4 rings (SSSR count). The fourth-order valence-corrected chi connectivity index (χ4v) is 6.67. The van der Waals surface area contributed by atoms with Crippen LogP contribution in [0.15, 0.2) is 70.5 Å². The van der Waals surface area contributed by atoms with Crippen LogP contribution in [-0.2, 0) is 0 Å². The number of benzene rings is 3. The predicted molar refractivity (Wildman–Crippen MR) is 147 cm³/mol. The molecule has 1 aliphatic carbocycles. The van der Waals surface area contributed by atoms with Gasteiger partial charge in [-0.1, -0.05) is 77.5 Å². The zero-order chi connectivity index (χ0) is 23.7. The van der Waals surface area contributed by atoms with Crippen LogP contribution in [0.2, 0.25) is 0 Å². The van der Waals surface area contributed by atoms with E-state index in [-0.39, 0.29) is 0 Å². The number of aryl methyl sites for hydroxylation is 6. The minimum Gasteiger partial charge on any atom is -0.0965 e. The first kappa shape index (κ1) is 23.6. The molecule has 33 heavy (non-hydrogen) atoms. The van der Waals surface area contributed by atoms with Gasteiger partial charge in [0.05, 0.1) is 0 Å². The second-order valence-electron chi connectivity index (χ2n) is 9.80. The Morgan fingerprint density at radius 3 is 1.61 bits per heavy atom. The highest BCUT2D eigenvalue weighted by Gasteiger charge is 2.19. The molecule has 0 unspecified atom stereocenters. The zero-order valence-electron chi connectivity index (χ0n) is 21.1. The van der Waals surface area contributed by atoms with E-state index in [1.54, 1.807) is 0 Å². The number of hydrogen-bond donors (Lipinski definition) is 0. The van der Waals surface area contributed by atoms with E-state index in [9.17, 15) is 0 Å². The molecule has 3 aromatic rings. The predicted octanol–water partition coefficient (Wildman–Crippen LogP) is 9.98. The third-order valence-electron chi connectivity index (χ3n) is 6.86. The summed E-state index contributed by atoms with van der Waals surface area (Å²) in [7, 11) is 0. The van der Waals surface area contributed by atoms with Crippen LogP contribution in [0.4, 0.5) is 0 Å². The largest absolute Gasteiger partial charge is 0.0965 e. The average molecular weight is 453 g/mol. The minimum atomic E-state index is 1.13. The van der Waals surface area contributed by atoms with E-state index < -0.39 is 0 Å². The van der Waals surface area contributed by atoms with Gasteiger partial charge in [0, 0.05) is 4.90 Å². The Bertz CT molecular complexity index is 1130. The summed E-state index contributed by atoms with van der Waals surface area (Å²) in [4.78, 5) is 1.36. The lowest BCUT2D eigenvalue weighted by Gasteiger charge is -2.21. The van der Waals surface area contributed by atoms with E-state index >= 15 is 0 Å². The summed E-state index contributed by atoms with van der Waals surface area (Å²) in [6.07, 6.45) is 4.82. The van der Waals surface area contributed by atoms with Crippen molar-refractivity contribution >= 4 is 11.8 Å². The monoisotopic (exact) mass is 452 g/mol. The summed E-state index contributed by atoms with van der Waals surface area (Å²) in [5.41, 5.74) is 16.2. The van der Waals surface area contributed by atoms with Crippen LogP contribution in [-0.4, -0.2) is 0 Å². The van der Waals surface area contributed by atoms with Crippen molar-refractivity contribution in [1.29, 1.82) is 0 Å². The molecule has 1 saturated carbocycles. The summed E-state index contributed by atoms with van der Waals surface area (Å²) < 4.78 is 0. The van der Waals surface area contributed by atoms with Gasteiger partial charge in [-0.15, -0.1) is 0 Å². The minimum absolute atomic E-state index is 1.13. The summed E-state index contributed by atoms with van der Waals surface area (Å²) in [6.45, 7) is 17.7. The summed E-state index contributed by atoms with van der Waals surface area (Å²) >= 11 is 1.89. The van der Waals surface area contributed by atoms with Crippen LogP contribution >= 0.6 is 11.8 Å². The van der Waals surface area contributed by atoms with Gasteiger partial charge in [0.1, 0.15) is 0 Å². The molecule has 1 heteroatoms. The molecule has 1 fully saturated rings. The van der Waals surface area contributed by atoms with Crippen molar-refractivity contribution in [2.24, 2.45) is 0 Å². The van der Waals surface area contributed by atoms with Crippen molar-refractivity contribution in [2.45, 2.75) is 72.1 Å². The quantitative estimate of drug-likeness (QED) is 0.355. The zero-order valence-corrected chi connectivity index (χ0v) is 21.9. The van der Waals surface area contributed by atoms with Crippen LogP contribution in [0.1, 0.15) is 59.1 Å².